The fourth-order valence-corrected chi connectivity index (χ4v) is 2.09. The summed E-state index contributed by atoms with van der Waals surface area (Å²) in [6.07, 6.45) is 0.295. The number of hydrogen-bond donors (Lipinski definition) is 2. The third kappa shape index (κ3) is 3.69. The molecule has 1 aromatic heterocycles. The zero-order chi connectivity index (χ0) is 16.5. The highest BCUT2D eigenvalue weighted by molar-refractivity contribution is 5.88. The van der Waals surface area contributed by atoms with E-state index < -0.39 is 5.60 Å². The first-order valence-corrected chi connectivity index (χ1v) is 7.19. The Hall–Kier alpha value is -2.25. The molecule has 2 heterocycles. The highest BCUT2D eigenvalue weighted by atomic mass is 16.6. The van der Waals surface area contributed by atoms with Crippen LogP contribution in [-0.4, -0.2) is 58.4 Å². The molecule has 0 unspecified atom stereocenters. The summed E-state index contributed by atoms with van der Waals surface area (Å²) in [5.41, 5.74) is 1.23. The van der Waals surface area contributed by atoms with E-state index in [0.717, 1.165) is 11.3 Å². The van der Waals surface area contributed by atoms with Gasteiger partial charge in [-0.15, -0.1) is 0 Å². The van der Waals surface area contributed by atoms with E-state index in [1.807, 2.05) is 20.8 Å². The molecule has 0 saturated carbocycles. The molecule has 122 valence electrons. The van der Waals surface area contributed by atoms with Gasteiger partial charge in [0.15, 0.2) is 5.82 Å². The average molecular weight is 309 g/mol. The molecule has 2 rings (SSSR count). The highest BCUT2D eigenvalue weighted by Crippen LogP contribution is 2.25. The third-order valence-electron chi connectivity index (χ3n) is 3.22. The predicted molar refractivity (Wildman–Crippen MR) is 81.6 cm³/mol. The Bertz CT molecular complexity index is 574. The summed E-state index contributed by atoms with van der Waals surface area (Å²) in [5, 5.41) is 9.77. The summed E-state index contributed by atoms with van der Waals surface area (Å²) in [6.45, 7) is 6.43. The molecule has 0 bridgehead atoms. The highest BCUT2D eigenvalue weighted by Gasteiger charge is 2.29. The number of hydrogen-bond acceptors (Lipinski definition) is 4. The van der Waals surface area contributed by atoms with Crippen molar-refractivity contribution in [1.29, 1.82) is 0 Å². The van der Waals surface area contributed by atoms with Gasteiger partial charge in [-0.05, 0) is 20.8 Å². The molecule has 0 atom stereocenters. The molecule has 8 heteroatoms. The number of aromatic amines is 1. The number of nitrogens with one attached hydrogen (secondary N) is 2. The summed E-state index contributed by atoms with van der Waals surface area (Å²) in [4.78, 5) is 27.0. The maximum Gasteiger partial charge on any atom is 0.410 e. The number of anilines is 1. The van der Waals surface area contributed by atoms with E-state index in [1.165, 1.54) is 4.90 Å². The SMILES string of the molecule is CN(C)C(=O)Nc1n[nH]c2c1CN(C(=O)OC(C)(C)C)CC2. The molecule has 1 aliphatic heterocycles. The van der Waals surface area contributed by atoms with Gasteiger partial charge in [0.05, 0.1) is 6.54 Å². The molecule has 0 radical (unpaired) electrons. The molecular formula is C14H23N5O3. The van der Waals surface area contributed by atoms with Crippen LogP contribution < -0.4 is 5.32 Å². The molecule has 0 saturated heterocycles. The second-order valence-electron chi connectivity index (χ2n) is 6.51. The van der Waals surface area contributed by atoms with E-state index in [-0.39, 0.29) is 12.1 Å². The van der Waals surface area contributed by atoms with Gasteiger partial charge >= 0.3 is 12.1 Å². The normalized spacial score (nSPS) is 14.3. The first-order valence-electron chi connectivity index (χ1n) is 7.19. The van der Waals surface area contributed by atoms with Crippen molar-refractivity contribution in [1.82, 2.24) is 20.0 Å². The number of H-pyrrole nitrogens is 1. The van der Waals surface area contributed by atoms with Crippen molar-refractivity contribution in [3.05, 3.63) is 11.3 Å². The minimum Gasteiger partial charge on any atom is -0.444 e. The van der Waals surface area contributed by atoms with Crippen LogP contribution in [0, 0.1) is 0 Å². The Morgan fingerprint density at radius 2 is 2.05 bits per heavy atom. The average Bonchev–Trinajstić information content (AvgIpc) is 2.79. The Kier molecular flexibility index (Phi) is 4.30. The molecule has 0 fully saturated rings. The Morgan fingerprint density at radius 1 is 1.36 bits per heavy atom. The molecule has 0 aliphatic carbocycles. The monoisotopic (exact) mass is 309 g/mol. The summed E-state index contributed by atoms with van der Waals surface area (Å²) < 4.78 is 5.39. The maximum absolute atomic E-state index is 12.2. The van der Waals surface area contributed by atoms with E-state index in [9.17, 15) is 9.59 Å². The summed E-state index contributed by atoms with van der Waals surface area (Å²) >= 11 is 0. The van der Waals surface area contributed by atoms with Crippen LogP contribution in [0.15, 0.2) is 0 Å². The van der Waals surface area contributed by atoms with Gasteiger partial charge in [-0.25, -0.2) is 9.59 Å². The molecule has 3 amide bonds. The van der Waals surface area contributed by atoms with Gasteiger partial charge < -0.3 is 14.5 Å². The first-order chi connectivity index (χ1) is 10.2. The number of fused-ring (bicyclic) bond motifs is 1. The predicted octanol–water partition coefficient (Wildman–Crippen LogP) is 1.80. The second kappa shape index (κ2) is 5.86. The molecular weight excluding hydrogens is 286 g/mol. The number of carbonyl (C=O) groups excluding carboxylic acids is 2. The number of nitrogens with zero attached hydrogens (tertiary/aromatic N) is 3. The number of rotatable bonds is 1. The van der Waals surface area contributed by atoms with Crippen molar-refractivity contribution in [2.45, 2.75) is 39.3 Å². The van der Waals surface area contributed by atoms with Crippen LogP contribution in [0.4, 0.5) is 15.4 Å². The Morgan fingerprint density at radius 3 is 2.64 bits per heavy atom. The summed E-state index contributed by atoms with van der Waals surface area (Å²) in [6, 6.07) is -0.260. The van der Waals surface area contributed by atoms with Crippen LogP contribution in [-0.2, 0) is 17.7 Å². The molecule has 1 aromatic rings. The molecule has 0 spiro atoms. The van der Waals surface area contributed by atoms with Crippen molar-refractivity contribution in [3.63, 3.8) is 0 Å². The van der Waals surface area contributed by atoms with E-state index >= 15 is 0 Å². The van der Waals surface area contributed by atoms with Crippen molar-refractivity contribution in [2.24, 2.45) is 0 Å². The lowest BCUT2D eigenvalue weighted by atomic mass is 10.1. The van der Waals surface area contributed by atoms with Crippen LogP contribution in [0.3, 0.4) is 0 Å². The smallest absolute Gasteiger partial charge is 0.410 e. The van der Waals surface area contributed by atoms with Crippen LogP contribution >= 0.6 is 0 Å². The fourth-order valence-electron chi connectivity index (χ4n) is 2.09. The van der Waals surface area contributed by atoms with E-state index in [1.54, 1.807) is 19.0 Å². The zero-order valence-electron chi connectivity index (χ0n) is 13.7. The van der Waals surface area contributed by atoms with Crippen LogP contribution in [0.5, 0.6) is 0 Å². The van der Waals surface area contributed by atoms with Gasteiger partial charge in [0.25, 0.3) is 0 Å². The van der Waals surface area contributed by atoms with E-state index in [0.29, 0.717) is 25.3 Å². The second-order valence-corrected chi connectivity index (χ2v) is 6.51. The zero-order valence-corrected chi connectivity index (χ0v) is 13.7. The van der Waals surface area contributed by atoms with Crippen LogP contribution in [0.2, 0.25) is 0 Å². The fraction of sp³-hybridized carbons (Fsp3) is 0.643. The van der Waals surface area contributed by atoms with Gasteiger partial charge in [-0.1, -0.05) is 0 Å². The van der Waals surface area contributed by atoms with Gasteiger partial charge in [-0.3, -0.25) is 10.4 Å². The number of urea groups is 1. The lowest BCUT2D eigenvalue weighted by Gasteiger charge is -2.30. The van der Waals surface area contributed by atoms with Gasteiger partial charge in [0.1, 0.15) is 5.60 Å². The molecule has 2 N–H and O–H groups in total. The minimum absolute atomic E-state index is 0.260. The molecule has 1 aliphatic rings. The van der Waals surface area contributed by atoms with E-state index in [2.05, 4.69) is 15.5 Å². The number of ether oxygens (including phenoxy) is 1. The van der Waals surface area contributed by atoms with Crippen LogP contribution in [0.25, 0.3) is 0 Å². The molecule has 8 nitrogen and oxygen atoms in total. The quantitative estimate of drug-likeness (QED) is 0.827. The van der Waals surface area contributed by atoms with Crippen molar-refractivity contribution in [2.75, 3.05) is 26.0 Å². The molecule has 22 heavy (non-hydrogen) atoms. The molecule has 0 aromatic carbocycles. The first kappa shape index (κ1) is 16.1. The van der Waals surface area contributed by atoms with Gasteiger partial charge in [0, 0.05) is 38.3 Å². The topological polar surface area (TPSA) is 90.6 Å². The number of aromatic nitrogens is 2. The van der Waals surface area contributed by atoms with Crippen molar-refractivity contribution in [3.8, 4) is 0 Å². The van der Waals surface area contributed by atoms with Gasteiger partial charge in [0.2, 0.25) is 0 Å². The number of amides is 3. The Labute approximate surface area is 129 Å². The van der Waals surface area contributed by atoms with Crippen molar-refractivity contribution >= 4 is 17.9 Å². The minimum atomic E-state index is -0.532. The maximum atomic E-state index is 12.2. The van der Waals surface area contributed by atoms with Crippen LogP contribution in [0.1, 0.15) is 32.0 Å². The van der Waals surface area contributed by atoms with Crippen molar-refractivity contribution < 1.29 is 14.3 Å². The lowest BCUT2D eigenvalue weighted by Crippen LogP contribution is -2.40. The Balaban J connectivity index is 2.10. The summed E-state index contributed by atoms with van der Waals surface area (Å²) in [7, 11) is 3.31. The standard InChI is InChI=1S/C14H23N5O3/c1-14(2,3)22-13(21)19-7-6-10-9(8-19)11(17-16-10)15-12(20)18(4)5/h6-8H2,1-5H3,(H2,15,16,17,20). The summed E-state index contributed by atoms with van der Waals surface area (Å²) in [5.74, 6) is 0.460. The number of carbonyl (C=O) groups is 2. The van der Waals surface area contributed by atoms with Gasteiger partial charge in [-0.2, -0.15) is 5.10 Å². The largest absolute Gasteiger partial charge is 0.444 e. The third-order valence-corrected chi connectivity index (χ3v) is 3.22. The lowest BCUT2D eigenvalue weighted by molar-refractivity contribution is 0.0224. The van der Waals surface area contributed by atoms with E-state index in [4.69, 9.17) is 4.74 Å².